The first kappa shape index (κ1) is 19.1. The molecule has 0 saturated carbocycles. The molecule has 0 fully saturated rings. The van der Waals surface area contributed by atoms with Gasteiger partial charge in [-0.3, -0.25) is 0 Å². The summed E-state index contributed by atoms with van der Waals surface area (Å²) >= 11 is 0. The van der Waals surface area contributed by atoms with E-state index in [4.69, 9.17) is 22.1 Å². The Balaban J connectivity index is 0. The zero-order chi connectivity index (χ0) is 13.9. The summed E-state index contributed by atoms with van der Waals surface area (Å²) in [6.07, 6.45) is 0. The minimum atomic E-state index is -2.43. The van der Waals surface area contributed by atoms with Gasteiger partial charge in [0.2, 0.25) is 0 Å². The van der Waals surface area contributed by atoms with Gasteiger partial charge in [-0.2, -0.15) is 0 Å². The van der Waals surface area contributed by atoms with E-state index in [0.717, 1.165) is 0 Å². The van der Waals surface area contributed by atoms with E-state index in [9.17, 15) is 0 Å². The van der Waals surface area contributed by atoms with Gasteiger partial charge < -0.3 is 22.1 Å². The first-order chi connectivity index (χ1) is 7.92. The molecule has 5 nitrogen and oxygen atoms in total. The summed E-state index contributed by atoms with van der Waals surface area (Å²) in [7, 11) is 3.57. The molecule has 0 atom stereocenters. The summed E-state index contributed by atoms with van der Waals surface area (Å²) < 4.78 is 25.0. The number of hydrogen-bond donors (Lipinski definition) is 0. The summed E-state index contributed by atoms with van der Waals surface area (Å²) in [5, 5.41) is 0. The maximum absolute atomic E-state index is 5.03. The molecular weight excluding hydrogens is 256 g/mol. The molecule has 0 aromatic rings. The van der Waals surface area contributed by atoms with Crippen molar-refractivity contribution in [2.75, 3.05) is 35.5 Å². The largest absolute Gasteiger partial charge is 0.528 e. The predicted molar refractivity (Wildman–Crippen MR) is 72.8 cm³/mol. The van der Waals surface area contributed by atoms with Gasteiger partial charge in [-0.15, -0.1) is 6.58 Å². The van der Waals surface area contributed by atoms with Crippen LogP contribution in [0, 0.1) is 0 Å². The monoisotopic (exact) mass is 280 g/mol. The normalized spacial score (nSPS) is 11.4. The lowest BCUT2D eigenvalue weighted by atomic mass is 11.3. The summed E-state index contributed by atoms with van der Waals surface area (Å²) in [5.74, 6) is 0. The van der Waals surface area contributed by atoms with Crippen molar-refractivity contribution >= 4 is 17.4 Å². The van der Waals surface area contributed by atoms with Gasteiger partial charge in [-0.1, -0.05) is 6.58 Å². The second-order valence-electron chi connectivity index (χ2n) is 3.05. The topological polar surface area (TPSA) is 46.2 Å². The van der Waals surface area contributed by atoms with Crippen molar-refractivity contribution in [1.82, 2.24) is 0 Å². The lowest BCUT2D eigenvalue weighted by molar-refractivity contribution is 0.138. The Bertz CT molecular complexity index is 206. The summed E-state index contributed by atoms with van der Waals surface area (Å²) in [5.41, 5.74) is 3.32. The van der Waals surface area contributed by atoms with E-state index in [1.165, 1.54) is 0 Å². The minimum absolute atomic E-state index is 1.54. The maximum atomic E-state index is 5.03. The molecule has 0 heterocycles. The smallest absolute Gasteiger partial charge is 0.395 e. The van der Waals surface area contributed by atoms with Crippen LogP contribution >= 0.6 is 0 Å². The Labute approximate surface area is 107 Å². The van der Waals surface area contributed by atoms with Crippen LogP contribution in [-0.2, 0) is 22.1 Å². The van der Waals surface area contributed by atoms with Crippen molar-refractivity contribution in [3.8, 4) is 0 Å². The Morgan fingerprint density at radius 1 is 0.706 bits per heavy atom. The molecule has 17 heavy (non-hydrogen) atoms. The summed E-state index contributed by atoms with van der Waals surface area (Å²) in [6.45, 7) is 9.05. The van der Waals surface area contributed by atoms with Crippen LogP contribution in [0.2, 0.25) is 6.55 Å². The van der Waals surface area contributed by atoms with E-state index in [0.29, 0.717) is 0 Å². The molecule has 0 N–H and O–H groups in total. The van der Waals surface area contributed by atoms with Crippen LogP contribution in [-0.4, -0.2) is 52.9 Å². The molecule has 0 aromatic heterocycles. The molecule has 0 saturated heterocycles. The molecule has 0 aliphatic rings. The lowest BCUT2D eigenvalue weighted by Gasteiger charge is -2.19. The fourth-order valence-electron chi connectivity index (χ4n) is 0.750. The second-order valence-corrected chi connectivity index (χ2v) is 9.15. The highest BCUT2D eigenvalue weighted by molar-refractivity contribution is 6.71. The van der Waals surface area contributed by atoms with E-state index in [-0.39, 0.29) is 0 Å². The van der Waals surface area contributed by atoms with Gasteiger partial charge >= 0.3 is 17.4 Å². The van der Waals surface area contributed by atoms with Gasteiger partial charge in [0.05, 0.1) is 0 Å². The molecule has 0 rings (SSSR count). The number of hydrogen-bond acceptors (Lipinski definition) is 5. The first-order valence-corrected chi connectivity index (χ1v) is 9.15. The van der Waals surface area contributed by atoms with E-state index in [1.54, 1.807) is 46.9 Å². The van der Waals surface area contributed by atoms with E-state index < -0.39 is 17.4 Å². The van der Waals surface area contributed by atoms with Gasteiger partial charge in [0.25, 0.3) is 0 Å². The molecule has 0 aromatic carbocycles. The molecule has 0 aliphatic carbocycles. The van der Waals surface area contributed by atoms with Crippen molar-refractivity contribution in [1.29, 1.82) is 0 Å². The van der Waals surface area contributed by atoms with Crippen LogP contribution in [0.3, 0.4) is 0 Å². The molecule has 0 radical (unpaired) electrons. The lowest BCUT2D eigenvalue weighted by Crippen LogP contribution is -2.40. The van der Waals surface area contributed by atoms with Crippen molar-refractivity contribution in [2.45, 2.75) is 6.55 Å². The maximum Gasteiger partial charge on any atom is 0.528 e. The minimum Gasteiger partial charge on any atom is -0.395 e. The molecular formula is C10H24O5Si2. The average molecular weight is 280 g/mol. The Morgan fingerprint density at radius 3 is 1.06 bits per heavy atom. The molecule has 102 valence electrons. The van der Waals surface area contributed by atoms with Gasteiger partial charge in [-0.05, 0) is 17.9 Å². The zero-order valence-electron chi connectivity index (χ0n) is 11.6. The first-order valence-electron chi connectivity index (χ1n) is 4.96. The van der Waals surface area contributed by atoms with Crippen molar-refractivity contribution in [3.05, 3.63) is 24.6 Å². The SMILES string of the molecule is C=C[Si](C)(OC)OC.C=C[Si](OC)(OC)OC. The van der Waals surface area contributed by atoms with Crippen LogP contribution in [0.4, 0.5) is 0 Å². The van der Waals surface area contributed by atoms with Gasteiger partial charge in [0.15, 0.2) is 0 Å². The van der Waals surface area contributed by atoms with Gasteiger partial charge in [0.1, 0.15) is 0 Å². The third kappa shape index (κ3) is 6.89. The molecule has 0 unspecified atom stereocenters. The van der Waals surface area contributed by atoms with Crippen LogP contribution in [0.25, 0.3) is 0 Å². The van der Waals surface area contributed by atoms with Crippen molar-refractivity contribution in [3.63, 3.8) is 0 Å². The highest BCUT2D eigenvalue weighted by atomic mass is 28.4. The zero-order valence-corrected chi connectivity index (χ0v) is 13.6. The highest BCUT2D eigenvalue weighted by Crippen LogP contribution is 2.05. The molecule has 0 spiro atoms. The van der Waals surface area contributed by atoms with E-state index in [2.05, 4.69) is 13.2 Å². The Kier molecular flexibility index (Phi) is 10.9. The standard InChI is InChI=1S/C5H12O3Si.C5H12O2Si/c1-5-9(6-2,7-3)8-4;1-5-8(4,6-2)7-3/h5H,1H2,2-4H3;5H,1H2,2-4H3. The molecule has 7 heteroatoms. The van der Waals surface area contributed by atoms with Crippen molar-refractivity contribution < 1.29 is 22.1 Å². The Morgan fingerprint density at radius 2 is 1.06 bits per heavy atom. The van der Waals surface area contributed by atoms with Gasteiger partial charge in [0, 0.05) is 35.5 Å². The second kappa shape index (κ2) is 9.71. The average Bonchev–Trinajstić information content (AvgIpc) is 2.42. The van der Waals surface area contributed by atoms with E-state index in [1.807, 2.05) is 6.55 Å². The van der Waals surface area contributed by atoms with Gasteiger partial charge in [-0.25, -0.2) is 0 Å². The van der Waals surface area contributed by atoms with Crippen LogP contribution in [0.15, 0.2) is 24.6 Å². The highest BCUT2D eigenvalue weighted by Gasteiger charge is 2.33. The van der Waals surface area contributed by atoms with Crippen LogP contribution < -0.4 is 0 Å². The number of rotatable bonds is 7. The quantitative estimate of drug-likeness (QED) is 0.664. The van der Waals surface area contributed by atoms with Crippen molar-refractivity contribution in [2.24, 2.45) is 0 Å². The van der Waals surface area contributed by atoms with E-state index >= 15 is 0 Å². The fraction of sp³-hybridized carbons (Fsp3) is 0.600. The predicted octanol–water partition coefficient (Wildman–Crippen LogP) is 1.67. The molecule has 0 bridgehead atoms. The third-order valence-corrected chi connectivity index (χ3v) is 6.85. The molecule has 0 amide bonds. The van der Waals surface area contributed by atoms with Crippen LogP contribution in [0.1, 0.15) is 0 Å². The third-order valence-electron chi connectivity index (χ3n) is 2.28. The Hall–Kier alpha value is -0.286. The summed E-state index contributed by atoms with van der Waals surface area (Å²) in [4.78, 5) is 0. The molecule has 0 aliphatic heterocycles. The van der Waals surface area contributed by atoms with Crippen LogP contribution in [0.5, 0.6) is 0 Å². The fourth-order valence-corrected chi connectivity index (χ4v) is 2.25. The summed E-state index contributed by atoms with van der Waals surface area (Å²) in [6, 6.07) is 0.